The lowest BCUT2D eigenvalue weighted by molar-refractivity contribution is -0.464. The minimum absolute atomic E-state index is 0.244. The van der Waals surface area contributed by atoms with E-state index in [2.05, 4.69) is 0 Å². The van der Waals surface area contributed by atoms with Crippen molar-refractivity contribution in [2.45, 2.75) is 53.7 Å². The molecule has 2 N–H and O–H groups in total. The highest BCUT2D eigenvalue weighted by molar-refractivity contribution is 7.76. The van der Waals surface area contributed by atoms with Gasteiger partial charge in [-0.2, -0.15) is 74.6 Å². The molecule has 0 aliphatic rings. The lowest BCUT2D eigenvalue weighted by atomic mass is 9.87. The van der Waals surface area contributed by atoms with E-state index in [0.717, 1.165) is 0 Å². The van der Waals surface area contributed by atoms with Gasteiger partial charge in [-0.05, 0) is 0 Å². The number of nitrogens with zero attached hydrogens (tertiary/aromatic N) is 1. The third-order valence-corrected chi connectivity index (χ3v) is 4.54. The number of hydrogen-bond donors (Lipinski definition) is 2. The van der Waals surface area contributed by atoms with Gasteiger partial charge in [-0.3, -0.25) is 4.55 Å². The number of aliphatic hydroxyl groups is 1. The van der Waals surface area contributed by atoms with Crippen LogP contribution in [-0.2, 0) is 11.3 Å². The first-order valence-electron chi connectivity index (χ1n) is 7.21. The molecule has 0 aliphatic carbocycles. The van der Waals surface area contributed by atoms with E-state index >= 15 is 0 Å². The highest BCUT2D eigenvalue weighted by Gasteiger charge is 2.95. The van der Waals surface area contributed by atoms with Crippen molar-refractivity contribution in [2.75, 3.05) is 13.6 Å². The first-order valence-corrected chi connectivity index (χ1v) is 8.28. The Morgan fingerprint density at radius 1 is 0.636 bits per heavy atom. The average Bonchev–Trinajstić information content (AvgIpc) is 2.59. The Bertz CT molecular complexity index is 736. The number of likely N-dealkylation sites (N-methyl/N-ethyl adjacent to an activating group) is 1. The fraction of sp³-hybridized carbons (Fsp3) is 1.00. The van der Waals surface area contributed by atoms with Crippen molar-refractivity contribution in [3.05, 3.63) is 0 Å². The van der Waals surface area contributed by atoms with E-state index in [0.29, 0.717) is 0 Å². The SMILES string of the molecule is CN(CC(O)C(F)(F)C(F)(F)C(F)(F)C(F)(F)C(F)(F)C(F)(F)C(F)(F)C(F)(F)F)S(=O)O. The van der Waals surface area contributed by atoms with Gasteiger partial charge in [-0.25, -0.2) is 8.51 Å². The van der Waals surface area contributed by atoms with Crippen LogP contribution in [0, 0.1) is 0 Å². The van der Waals surface area contributed by atoms with Crippen LogP contribution in [0.4, 0.5) is 74.6 Å². The molecule has 22 heteroatoms. The van der Waals surface area contributed by atoms with Gasteiger partial charge in [0.15, 0.2) is 0 Å². The van der Waals surface area contributed by atoms with Crippen LogP contribution >= 0.6 is 0 Å². The zero-order chi connectivity index (χ0) is 27.4. The molecule has 0 aliphatic heterocycles. The van der Waals surface area contributed by atoms with E-state index in [1.165, 1.54) is 0 Å². The molecule has 0 spiro atoms. The van der Waals surface area contributed by atoms with Crippen LogP contribution in [0.15, 0.2) is 0 Å². The molecule has 0 saturated heterocycles. The minimum Gasteiger partial charge on any atom is -0.385 e. The van der Waals surface area contributed by atoms with Crippen LogP contribution in [0.25, 0.3) is 0 Å². The summed E-state index contributed by atoms with van der Waals surface area (Å²) in [5.41, 5.74) is 0. The molecular weight excluding hydrogens is 549 g/mol. The predicted molar refractivity (Wildman–Crippen MR) is 70.1 cm³/mol. The molecule has 33 heavy (non-hydrogen) atoms. The van der Waals surface area contributed by atoms with Crippen molar-refractivity contribution in [1.82, 2.24) is 4.31 Å². The van der Waals surface area contributed by atoms with Crippen molar-refractivity contribution < 1.29 is 88.5 Å². The van der Waals surface area contributed by atoms with Gasteiger partial charge in [-0.15, -0.1) is 0 Å². The zero-order valence-corrected chi connectivity index (χ0v) is 15.7. The second kappa shape index (κ2) is 8.50. The fourth-order valence-corrected chi connectivity index (χ4v) is 2.08. The van der Waals surface area contributed by atoms with E-state index < -0.39 is 75.9 Å². The van der Waals surface area contributed by atoms with E-state index in [1.54, 1.807) is 0 Å². The molecule has 0 amide bonds. The van der Waals surface area contributed by atoms with Crippen LogP contribution < -0.4 is 0 Å². The third kappa shape index (κ3) is 4.46. The minimum atomic E-state index is -8.77. The van der Waals surface area contributed by atoms with Gasteiger partial charge >= 0.3 is 47.6 Å². The molecule has 0 fully saturated rings. The standard InChI is InChI=1S/C11H8F17NO3S/c1-29(33(31)32)2-3(30)4(12,13)5(14,15)6(16,17)7(18,19)8(20,21)9(22,23)10(24,25)11(26,27)28/h3,30H,2H2,1H3,(H,31,32). The van der Waals surface area contributed by atoms with Crippen molar-refractivity contribution in [2.24, 2.45) is 0 Å². The molecule has 0 bridgehead atoms. The second-order valence-corrected chi connectivity index (χ2v) is 7.21. The quantitative estimate of drug-likeness (QED) is 0.309. The van der Waals surface area contributed by atoms with E-state index in [9.17, 15) is 78.8 Å². The first kappa shape index (κ1) is 31.8. The van der Waals surface area contributed by atoms with Gasteiger partial charge in [0.05, 0.1) is 0 Å². The third-order valence-electron chi connectivity index (χ3n) is 3.86. The van der Waals surface area contributed by atoms with Crippen LogP contribution in [-0.4, -0.2) is 85.5 Å². The molecule has 0 aromatic carbocycles. The number of alkyl halides is 17. The lowest BCUT2D eigenvalue weighted by Crippen LogP contribution is -2.75. The Balaban J connectivity index is 6.67. The molecular formula is C11H8F17NO3S. The first-order chi connectivity index (χ1) is 14.0. The number of aliphatic hydroxyl groups excluding tert-OH is 1. The summed E-state index contributed by atoms with van der Waals surface area (Å²) in [5, 5.41) is 8.86. The van der Waals surface area contributed by atoms with Gasteiger partial charge in [0.25, 0.3) is 0 Å². The van der Waals surface area contributed by atoms with Crippen molar-refractivity contribution in [3.8, 4) is 0 Å². The number of rotatable bonds is 10. The summed E-state index contributed by atoms with van der Waals surface area (Å²) in [4.78, 5) is 0. The Morgan fingerprint density at radius 2 is 0.909 bits per heavy atom. The molecule has 0 heterocycles. The average molecular weight is 557 g/mol. The van der Waals surface area contributed by atoms with Crippen LogP contribution in [0.2, 0.25) is 0 Å². The highest BCUT2D eigenvalue weighted by atomic mass is 32.2. The predicted octanol–water partition coefficient (Wildman–Crippen LogP) is 4.43. The molecule has 2 unspecified atom stereocenters. The van der Waals surface area contributed by atoms with Crippen LogP contribution in [0.1, 0.15) is 0 Å². The highest BCUT2D eigenvalue weighted by Crippen LogP contribution is 2.64. The maximum Gasteiger partial charge on any atom is 0.460 e. The summed E-state index contributed by atoms with van der Waals surface area (Å²) in [6, 6.07) is 0. The number of hydrogen-bond acceptors (Lipinski definition) is 2. The van der Waals surface area contributed by atoms with Crippen LogP contribution in [0.5, 0.6) is 0 Å². The molecule has 4 nitrogen and oxygen atoms in total. The van der Waals surface area contributed by atoms with Gasteiger partial charge < -0.3 is 5.11 Å². The van der Waals surface area contributed by atoms with Gasteiger partial charge in [0.2, 0.25) is 11.3 Å². The van der Waals surface area contributed by atoms with Crippen LogP contribution in [0.3, 0.4) is 0 Å². The van der Waals surface area contributed by atoms with Gasteiger partial charge in [0.1, 0.15) is 6.10 Å². The maximum atomic E-state index is 13.6. The summed E-state index contributed by atoms with van der Waals surface area (Å²) >= 11 is -3.42. The summed E-state index contributed by atoms with van der Waals surface area (Å²) in [6.45, 7) is -2.27. The molecule has 0 aromatic rings. The van der Waals surface area contributed by atoms with Gasteiger partial charge in [0, 0.05) is 13.6 Å². The van der Waals surface area contributed by atoms with E-state index in [-0.39, 0.29) is 7.05 Å². The Hall–Kier alpha value is -1.16. The van der Waals surface area contributed by atoms with E-state index in [1.807, 2.05) is 0 Å². The Labute approximate surface area is 172 Å². The second-order valence-electron chi connectivity index (χ2n) is 6.12. The molecule has 0 rings (SSSR count). The molecule has 2 atom stereocenters. The summed E-state index contributed by atoms with van der Waals surface area (Å²) < 4.78 is 240. The molecule has 0 radical (unpaired) electrons. The molecule has 200 valence electrons. The number of halogens is 17. The summed E-state index contributed by atoms with van der Waals surface area (Å²) in [6.07, 6.45) is -12.3. The van der Waals surface area contributed by atoms with Gasteiger partial charge in [-0.1, -0.05) is 0 Å². The maximum absolute atomic E-state index is 13.6. The zero-order valence-electron chi connectivity index (χ0n) is 14.9. The normalized spacial score (nSPS) is 18.0. The van der Waals surface area contributed by atoms with E-state index in [4.69, 9.17) is 9.66 Å². The topological polar surface area (TPSA) is 60.8 Å². The Kier molecular flexibility index (Phi) is 8.20. The largest absolute Gasteiger partial charge is 0.460 e. The molecule has 0 aromatic heterocycles. The van der Waals surface area contributed by atoms with Crippen molar-refractivity contribution >= 4 is 11.3 Å². The van der Waals surface area contributed by atoms with Crippen molar-refractivity contribution in [1.29, 1.82) is 0 Å². The Morgan fingerprint density at radius 3 is 1.18 bits per heavy atom. The monoisotopic (exact) mass is 557 g/mol. The summed E-state index contributed by atoms with van der Waals surface area (Å²) in [7, 11) is 0.244. The fourth-order valence-electron chi connectivity index (χ4n) is 1.81. The van der Waals surface area contributed by atoms with Crippen molar-refractivity contribution in [3.63, 3.8) is 0 Å². The summed E-state index contributed by atoms with van der Waals surface area (Å²) in [5.74, 6) is -58.1. The molecule has 0 saturated carbocycles. The lowest BCUT2D eigenvalue weighted by Gasteiger charge is -2.43. The smallest absolute Gasteiger partial charge is 0.385 e.